The van der Waals surface area contributed by atoms with Gasteiger partial charge in [0.05, 0.1) is 11.9 Å². The van der Waals surface area contributed by atoms with Gasteiger partial charge in [-0.15, -0.1) is 0 Å². The molecule has 0 bridgehead atoms. The Morgan fingerprint density at radius 3 is 2.32 bits per heavy atom. The molecule has 0 aromatic heterocycles. The van der Waals surface area contributed by atoms with E-state index in [0.717, 1.165) is 28.1 Å². The highest BCUT2D eigenvalue weighted by Crippen LogP contribution is 2.25. The third-order valence-corrected chi connectivity index (χ3v) is 5.32. The van der Waals surface area contributed by atoms with E-state index in [9.17, 15) is 13.2 Å². The average molecular weight is 381 g/mol. The molecule has 134 valence electrons. The summed E-state index contributed by atoms with van der Waals surface area (Å²) in [6.45, 7) is 3.54. The summed E-state index contributed by atoms with van der Waals surface area (Å²) in [6.07, 6.45) is 1.97. The molecule has 1 amide bonds. The molecule has 25 heavy (non-hydrogen) atoms. The smallest absolute Gasteiger partial charge is 0.245 e. The van der Waals surface area contributed by atoms with Gasteiger partial charge in [0.25, 0.3) is 0 Å². The van der Waals surface area contributed by atoms with Gasteiger partial charge in [-0.05, 0) is 48.7 Å². The van der Waals surface area contributed by atoms with Crippen molar-refractivity contribution < 1.29 is 13.2 Å². The molecule has 0 fully saturated rings. The van der Waals surface area contributed by atoms with Gasteiger partial charge in [-0.3, -0.25) is 9.10 Å². The molecule has 7 heteroatoms. The third-order valence-electron chi connectivity index (χ3n) is 3.78. The van der Waals surface area contributed by atoms with Crippen LogP contribution in [-0.2, 0) is 21.2 Å². The second-order valence-corrected chi connectivity index (χ2v) is 8.12. The van der Waals surface area contributed by atoms with E-state index in [0.29, 0.717) is 16.4 Å². The summed E-state index contributed by atoms with van der Waals surface area (Å²) < 4.78 is 25.2. The largest absolute Gasteiger partial charge is 0.325 e. The van der Waals surface area contributed by atoms with E-state index in [-0.39, 0.29) is 6.54 Å². The lowest BCUT2D eigenvalue weighted by Crippen LogP contribution is -2.37. The summed E-state index contributed by atoms with van der Waals surface area (Å²) in [6, 6.07) is 12.3. The molecule has 0 saturated carbocycles. The first-order valence-electron chi connectivity index (χ1n) is 7.83. The highest BCUT2D eigenvalue weighted by Gasteiger charge is 2.21. The Morgan fingerprint density at radius 1 is 1.16 bits per heavy atom. The molecule has 2 aromatic rings. The van der Waals surface area contributed by atoms with Crippen LogP contribution in [0.5, 0.6) is 0 Å². The molecule has 0 heterocycles. The number of carbonyl (C=O) groups excluding carboxylic acids is 1. The molecule has 2 aromatic carbocycles. The van der Waals surface area contributed by atoms with Crippen LogP contribution in [0.2, 0.25) is 5.02 Å². The summed E-state index contributed by atoms with van der Waals surface area (Å²) in [5, 5.41) is 3.16. The molecule has 1 N–H and O–H groups in total. The molecule has 0 unspecified atom stereocenters. The van der Waals surface area contributed by atoms with E-state index in [1.54, 1.807) is 30.3 Å². The standard InChI is InChI=1S/C18H21ClN2O3S/c1-4-14-6-8-15(9-7-14)20-18(22)12-21(25(3,23)24)16-10-5-13(2)17(19)11-16/h5-11H,4,12H2,1-3H3,(H,20,22). The predicted octanol–water partition coefficient (Wildman–Crippen LogP) is 3.62. The van der Waals surface area contributed by atoms with Gasteiger partial charge in [-0.1, -0.05) is 36.7 Å². The number of nitrogens with zero attached hydrogens (tertiary/aromatic N) is 1. The van der Waals surface area contributed by atoms with Crippen molar-refractivity contribution in [1.82, 2.24) is 0 Å². The van der Waals surface area contributed by atoms with Crippen LogP contribution in [0.1, 0.15) is 18.1 Å². The van der Waals surface area contributed by atoms with Gasteiger partial charge in [0, 0.05) is 10.7 Å². The minimum absolute atomic E-state index is 0.326. The van der Waals surface area contributed by atoms with Crippen LogP contribution in [0.25, 0.3) is 0 Å². The third kappa shape index (κ3) is 5.21. The minimum Gasteiger partial charge on any atom is -0.325 e. The first-order valence-corrected chi connectivity index (χ1v) is 10.1. The van der Waals surface area contributed by atoms with Crippen LogP contribution < -0.4 is 9.62 Å². The van der Waals surface area contributed by atoms with Crippen LogP contribution in [0.4, 0.5) is 11.4 Å². The van der Waals surface area contributed by atoms with E-state index >= 15 is 0 Å². The van der Waals surface area contributed by atoms with E-state index in [1.807, 2.05) is 26.0 Å². The first-order chi connectivity index (χ1) is 11.7. The van der Waals surface area contributed by atoms with Gasteiger partial charge in [0.15, 0.2) is 0 Å². The van der Waals surface area contributed by atoms with Crippen LogP contribution in [0.3, 0.4) is 0 Å². The molecule has 0 aliphatic rings. The van der Waals surface area contributed by atoms with Crippen LogP contribution in [-0.4, -0.2) is 27.1 Å². The molecule has 2 rings (SSSR count). The number of rotatable bonds is 6. The summed E-state index contributed by atoms with van der Waals surface area (Å²) in [4.78, 5) is 12.3. The number of halogens is 1. The van der Waals surface area contributed by atoms with Gasteiger partial charge in [0.1, 0.15) is 6.54 Å². The van der Waals surface area contributed by atoms with Crippen molar-refractivity contribution in [3.8, 4) is 0 Å². The number of hydrogen-bond donors (Lipinski definition) is 1. The van der Waals surface area contributed by atoms with Crippen molar-refractivity contribution in [3.05, 3.63) is 58.6 Å². The Hall–Kier alpha value is -2.05. The first kappa shape index (κ1) is 19.3. The summed E-state index contributed by atoms with van der Waals surface area (Å²) in [5.41, 5.74) is 2.97. The van der Waals surface area contributed by atoms with Crippen molar-refractivity contribution in [2.24, 2.45) is 0 Å². The molecule has 0 aliphatic carbocycles. The van der Waals surface area contributed by atoms with Gasteiger partial charge in [-0.25, -0.2) is 8.42 Å². The second kappa shape index (κ2) is 7.89. The zero-order valence-electron chi connectivity index (χ0n) is 14.4. The zero-order chi connectivity index (χ0) is 18.6. The highest BCUT2D eigenvalue weighted by atomic mass is 35.5. The molecular formula is C18H21ClN2O3S. The Kier molecular flexibility index (Phi) is 6.08. The fourth-order valence-corrected chi connectivity index (χ4v) is 3.31. The van der Waals surface area contributed by atoms with Crippen molar-refractivity contribution in [2.75, 3.05) is 22.4 Å². The molecule has 5 nitrogen and oxygen atoms in total. The molecule has 0 radical (unpaired) electrons. The number of amides is 1. The number of anilines is 2. The Labute approximate surface area is 153 Å². The van der Waals surface area contributed by atoms with Gasteiger partial charge < -0.3 is 5.32 Å². The molecule has 0 spiro atoms. The van der Waals surface area contributed by atoms with Crippen molar-refractivity contribution in [2.45, 2.75) is 20.3 Å². The maximum Gasteiger partial charge on any atom is 0.245 e. The zero-order valence-corrected chi connectivity index (χ0v) is 16.0. The highest BCUT2D eigenvalue weighted by molar-refractivity contribution is 7.92. The number of benzene rings is 2. The lowest BCUT2D eigenvalue weighted by molar-refractivity contribution is -0.114. The Balaban J connectivity index is 2.18. The van der Waals surface area contributed by atoms with E-state index < -0.39 is 15.9 Å². The maximum atomic E-state index is 12.3. The number of carbonyl (C=O) groups is 1. The van der Waals surface area contributed by atoms with Crippen molar-refractivity contribution in [1.29, 1.82) is 0 Å². The SMILES string of the molecule is CCc1ccc(NC(=O)CN(c2ccc(C)c(Cl)c2)S(C)(=O)=O)cc1. The lowest BCUT2D eigenvalue weighted by atomic mass is 10.1. The summed E-state index contributed by atoms with van der Waals surface area (Å²) >= 11 is 6.08. The van der Waals surface area contributed by atoms with Crippen LogP contribution in [0.15, 0.2) is 42.5 Å². The van der Waals surface area contributed by atoms with Crippen molar-refractivity contribution >= 4 is 38.9 Å². The number of sulfonamides is 1. The van der Waals surface area contributed by atoms with Crippen LogP contribution >= 0.6 is 11.6 Å². The second-order valence-electron chi connectivity index (χ2n) is 5.80. The Morgan fingerprint density at radius 2 is 1.80 bits per heavy atom. The molecule has 0 saturated heterocycles. The predicted molar refractivity (Wildman–Crippen MR) is 103 cm³/mol. The number of hydrogen-bond acceptors (Lipinski definition) is 3. The number of aryl methyl sites for hydroxylation is 2. The monoisotopic (exact) mass is 380 g/mol. The Bertz CT molecular complexity index is 864. The maximum absolute atomic E-state index is 12.3. The topological polar surface area (TPSA) is 66.5 Å². The minimum atomic E-state index is -3.63. The number of nitrogens with one attached hydrogen (secondary N) is 1. The van der Waals surface area contributed by atoms with Gasteiger partial charge in [0.2, 0.25) is 15.9 Å². The summed E-state index contributed by atoms with van der Waals surface area (Å²) in [7, 11) is -3.63. The van der Waals surface area contributed by atoms with E-state index in [4.69, 9.17) is 11.6 Å². The van der Waals surface area contributed by atoms with Crippen LogP contribution in [0, 0.1) is 6.92 Å². The lowest BCUT2D eigenvalue weighted by Gasteiger charge is -2.22. The van der Waals surface area contributed by atoms with Crippen molar-refractivity contribution in [3.63, 3.8) is 0 Å². The average Bonchev–Trinajstić information content (AvgIpc) is 2.55. The van der Waals surface area contributed by atoms with Gasteiger partial charge >= 0.3 is 0 Å². The van der Waals surface area contributed by atoms with E-state index in [1.165, 1.54) is 0 Å². The quantitative estimate of drug-likeness (QED) is 0.832. The summed E-state index contributed by atoms with van der Waals surface area (Å²) in [5.74, 6) is -0.425. The van der Waals surface area contributed by atoms with E-state index in [2.05, 4.69) is 5.32 Å². The fraction of sp³-hybridized carbons (Fsp3) is 0.278. The molecular weight excluding hydrogens is 360 g/mol. The molecule has 0 aliphatic heterocycles. The normalized spacial score (nSPS) is 11.2. The fourth-order valence-electron chi connectivity index (χ4n) is 2.29. The molecule has 0 atom stereocenters. The van der Waals surface area contributed by atoms with Gasteiger partial charge in [-0.2, -0.15) is 0 Å².